The first-order valence-electron chi connectivity index (χ1n) is 4.83. The molecule has 1 unspecified atom stereocenters. The highest BCUT2D eigenvalue weighted by molar-refractivity contribution is 7.99. The molecular weight excluding hydrogens is 198 g/mol. The van der Waals surface area contributed by atoms with Gasteiger partial charge < -0.3 is 10.3 Å². The Kier molecular flexibility index (Phi) is 4.41. The fraction of sp³-hybridized carbons (Fsp3) is 0.778. The lowest BCUT2D eigenvalue weighted by atomic mass is 10.4. The molecule has 5 heteroatoms. The highest BCUT2D eigenvalue weighted by atomic mass is 32.2. The SMILES string of the molecule is CCC(C)SCc1noc([C@H](C)N)n1. The van der Waals surface area contributed by atoms with Crippen molar-refractivity contribution >= 4 is 11.8 Å². The highest BCUT2D eigenvalue weighted by Gasteiger charge is 2.10. The lowest BCUT2D eigenvalue weighted by Gasteiger charge is -2.04. The summed E-state index contributed by atoms with van der Waals surface area (Å²) in [5.74, 6) is 2.05. The van der Waals surface area contributed by atoms with E-state index in [0.29, 0.717) is 11.1 Å². The maximum Gasteiger partial charge on any atom is 0.243 e. The van der Waals surface area contributed by atoms with Crippen molar-refractivity contribution in [2.45, 2.75) is 44.2 Å². The molecule has 0 saturated carbocycles. The zero-order valence-electron chi connectivity index (χ0n) is 8.86. The zero-order valence-corrected chi connectivity index (χ0v) is 9.67. The van der Waals surface area contributed by atoms with Gasteiger partial charge in [0.1, 0.15) is 0 Å². The monoisotopic (exact) mass is 215 g/mol. The van der Waals surface area contributed by atoms with Crippen molar-refractivity contribution < 1.29 is 4.52 Å². The maximum absolute atomic E-state index is 5.61. The summed E-state index contributed by atoms with van der Waals surface area (Å²) in [5, 5.41) is 4.49. The molecule has 0 amide bonds. The van der Waals surface area contributed by atoms with Crippen molar-refractivity contribution in [3.63, 3.8) is 0 Å². The zero-order chi connectivity index (χ0) is 10.6. The number of nitrogens with two attached hydrogens (primary N) is 1. The highest BCUT2D eigenvalue weighted by Crippen LogP contribution is 2.18. The number of nitrogens with zero attached hydrogens (tertiary/aromatic N) is 2. The number of hydrogen-bond donors (Lipinski definition) is 1. The first kappa shape index (κ1) is 11.5. The standard InChI is InChI=1S/C9H17N3OS/c1-4-6(2)14-5-8-11-9(7(3)10)13-12-8/h6-7H,4-5,10H2,1-3H3/t6?,7-/m0/s1. The largest absolute Gasteiger partial charge is 0.338 e. The van der Waals surface area contributed by atoms with Gasteiger partial charge in [0.25, 0.3) is 0 Å². The Morgan fingerprint density at radius 3 is 2.71 bits per heavy atom. The second-order valence-corrected chi connectivity index (χ2v) is 4.79. The van der Waals surface area contributed by atoms with Crippen LogP contribution in [0.1, 0.15) is 44.9 Å². The van der Waals surface area contributed by atoms with Gasteiger partial charge in [-0.05, 0) is 13.3 Å². The molecule has 0 aliphatic carbocycles. The number of hydrogen-bond acceptors (Lipinski definition) is 5. The molecule has 1 rings (SSSR count). The predicted octanol–water partition coefficient (Wildman–Crippen LogP) is 2.12. The van der Waals surface area contributed by atoms with Crippen molar-refractivity contribution in [2.24, 2.45) is 5.73 Å². The van der Waals surface area contributed by atoms with Crippen molar-refractivity contribution in [1.29, 1.82) is 0 Å². The predicted molar refractivity (Wildman–Crippen MR) is 57.9 cm³/mol. The maximum atomic E-state index is 5.61. The first-order valence-corrected chi connectivity index (χ1v) is 5.88. The Hall–Kier alpha value is -0.550. The molecule has 80 valence electrons. The molecule has 0 aliphatic heterocycles. The van der Waals surface area contributed by atoms with Gasteiger partial charge in [-0.1, -0.05) is 19.0 Å². The summed E-state index contributed by atoms with van der Waals surface area (Å²) in [6.45, 7) is 6.19. The van der Waals surface area contributed by atoms with E-state index in [1.165, 1.54) is 0 Å². The van der Waals surface area contributed by atoms with Gasteiger partial charge in [0.15, 0.2) is 5.82 Å². The van der Waals surface area contributed by atoms with Crippen LogP contribution < -0.4 is 5.73 Å². The molecule has 0 aromatic carbocycles. The lowest BCUT2D eigenvalue weighted by Crippen LogP contribution is -2.05. The minimum Gasteiger partial charge on any atom is -0.338 e. The van der Waals surface area contributed by atoms with E-state index in [-0.39, 0.29) is 6.04 Å². The van der Waals surface area contributed by atoms with Gasteiger partial charge in [0, 0.05) is 5.25 Å². The smallest absolute Gasteiger partial charge is 0.243 e. The number of thioether (sulfide) groups is 1. The summed E-state index contributed by atoms with van der Waals surface area (Å²) < 4.78 is 4.99. The summed E-state index contributed by atoms with van der Waals surface area (Å²) in [7, 11) is 0. The van der Waals surface area contributed by atoms with Crippen molar-refractivity contribution in [3.8, 4) is 0 Å². The van der Waals surface area contributed by atoms with E-state index in [2.05, 4.69) is 24.0 Å². The molecule has 0 radical (unpaired) electrons. The summed E-state index contributed by atoms with van der Waals surface area (Å²) in [6.07, 6.45) is 1.16. The molecule has 0 spiro atoms. The lowest BCUT2D eigenvalue weighted by molar-refractivity contribution is 0.358. The van der Waals surface area contributed by atoms with Crippen molar-refractivity contribution in [3.05, 3.63) is 11.7 Å². The average Bonchev–Trinajstić information content (AvgIpc) is 2.62. The number of aromatic nitrogens is 2. The summed E-state index contributed by atoms with van der Waals surface area (Å²) in [5.41, 5.74) is 5.61. The summed E-state index contributed by atoms with van der Waals surface area (Å²) >= 11 is 1.83. The van der Waals surface area contributed by atoms with Crippen LogP contribution in [0.5, 0.6) is 0 Å². The van der Waals surface area contributed by atoms with E-state index < -0.39 is 0 Å². The Bertz CT molecular complexity index is 275. The molecule has 0 fully saturated rings. The molecule has 14 heavy (non-hydrogen) atoms. The second kappa shape index (κ2) is 5.36. The quantitative estimate of drug-likeness (QED) is 0.815. The molecule has 1 aromatic heterocycles. The molecule has 0 saturated heterocycles. The van der Waals surface area contributed by atoms with Crippen molar-refractivity contribution in [2.75, 3.05) is 0 Å². The molecule has 2 N–H and O–H groups in total. The Morgan fingerprint density at radius 1 is 1.50 bits per heavy atom. The molecular formula is C9H17N3OS. The van der Waals surface area contributed by atoms with E-state index in [1.807, 2.05) is 18.7 Å². The fourth-order valence-corrected chi connectivity index (χ4v) is 1.63. The van der Waals surface area contributed by atoms with Crippen LogP contribution in [0.4, 0.5) is 0 Å². The van der Waals surface area contributed by atoms with Crippen LogP contribution in [0.3, 0.4) is 0 Å². The third-order valence-electron chi connectivity index (χ3n) is 1.95. The normalized spacial score (nSPS) is 15.4. The molecule has 2 atom stereocenters. The summed E-state index contributed by atoms with van der Waals surface area (Å²) in [6, 6.07) is -0.176. The third kappa shape index (κ3) is 3.31. The van der Waals surface area contributed by atoms with E-state index in [1.54, 1.807) is 0 Å². The molecule has 1 aromatic rings. The van der Waals surface area contributed by atoms with E-state index in [9.17, 15) is 0 Å². The second-order valence-electron chi connectivity index (χ2n) is 3.37. The van der Waals surface area contributed by atoms with Crippen LogP contribution in [-0.4, -0.2) is 15.4 Å². The Balaban J connectivity index is 2.44. The molecule has 0 bridgehead atoms. The van der Waals surface area contributed by atoms with Crippen LogP contribution in [0.15, 0.2) is 4.52 Å². The summed E-state index contributed by atoms with van der Waals surface area (Å²) in [4.78, 5) is 4.19. The van der Waals surface area contributed by atoms with Gasteiger partial charge in [-0.3, -0.25) is 0 Å². The van der Waals surface area contributed by atoms with E-state index in [0.717, 1.165) is 18.0 Å². The molecule has 1 heterocycles. The topological polar surface area (TPSA) is 64.9 Å². The van der Waals surface area contributed by atoms with E-state index in [4.69, 9.17) is 10.3 Å². The Labute approximate surface area is 88.6 Å². The molecule has 4 nitrogen and oxygen atoms in total. The van der Waals surface area contributed by atoms with Crippen LogP contribution in [0, 0.1) is 0 Å². The number of rotatable bonds is 5. The van der Waals surface area contributed by atoms with Gasteiger partial charge in [0.05, 0.1) is 11.8 Å². The van der Waals surface area contributed by atoms with Gasteiger partial charge in [-0.15, -0.1) is 0 Å². The fourth-order valence-electron chi connectivity index (χ4n) is 0.846. The minimum absolute atomic E-state index is 0.176. The van der Waals surface area contributed by atoms with Crippen molar-refractivity contribution in [1.82, 2.24) is 10.1 Å². The molecule has 0 aliphatic rings. The van der Waals surface area contributed by atoms with Crippen LogP contribution in [-0.2, 0) is 5.75 Å². The average molecular weight is 215 g/mol. The first-order chi connectivity index (χ1) is 6.63. The van der Waals surface area contributed by atoms with Crippen LogP contribution in [0.25, 0.3) is 0 Å². The Morgan fingerprint density at radius 2 is 2.21 bits per heavy atom. The van der Waals surface area contributed by atoms with Gasteiger partial charge in [-0.25, -0.2) is 0 Å². The van der Waals surface area contributed by atoms with Gasteiger partial charge >= 0.3 is 0 Å². The van der Waals surface area contributed by atoms with Gasteiger partial charge in [-0.2, -0.15) is 16.7 Å². The third-order valence-corrected chi connectivity index (χ3v) is 3.27. The van der Waals surface area contributed by atoms with Crippen LogP contribution >= 0.6 is 11.8 Å². The van der Waals surface area contributed by atoms with Crippen LogP contribution in [0.2, 0.25) is 0 Å². The van der Waals surface area contributed by atoms with E-state index >= 15 is 0 Å². The van der Waals surface area contributed by atoms with Gasteiger partial charge in [0.2, 0.25) is 5.89 Å². The minimum atomic E-state index is -0.176.